The second kappa shape index (κ2) is 9.09. The molecule has 1 saturated heterocycles. The molecule has 26 heavy (non-hydrogen) atoms. The van der Waals surface area contributed by atoms with Crippen LogP contribution in [0.15, 0.2) is 18.2 Å². The second-order valence-corrected chi connectivity index (χ2v) is 7.48. The van der Waals surface area contributed by atoms with Crippen LogP contribution < -0.4 is 14.8 Å². The smallest absolute Gasteiger partial charge is 0.316 e. The van der Waals surface area contributed by atoms with Crippen molar-refractivity contribution in [2.75, 3.05) is 32.2 Å². The molecule has 2 aliphatic heterocycles. The average Bonchev–Trinajstić information content (AvgIpc) is 3.33. The van der Waals surface area contributed by atoms with E-state index in [2.05, 4.69) is 10.2 Å². The van der Waals surface area contributed by atoms with Gasteiger partial charge in [0, 0.05) is 19.6 Å². The molecule has 1 aromatic carbocycles. The van der Waals surface area contributed by atoms with Gasteiger partial charge in [-0.2, -0.15) is 0 Å². The lowest BCUT2D eigenvalue weighted by atomic mass is 10.2. The van der Waals surface area contributed by atoms with Crippen LogP contribution in [0.25, 0.3) is 0 Å². The molecule has 1 aromatic rings. The van der Waals surface area contributed by atoms with E-state index < -0.39 is 5.97 Å². The summed E-state index contributed by atoms with van der Waals surface area (Å²) in [4.78, 5) is 25.6. The van der Waals surface area contributed by atoms with Gasteiger partial charge in [-0.3, -0.25) is 9.59 Å². The van der Waals surface area contributed by atoms with Crippen LogP contribution in [0, 0.1) is 0 Å². The number of nitrogens with zero attached hydrogens (tertiary/aromatic N) is 1. The Bertz CT molecular complexity index is 692. The molecule has 0 saturated carbocycles. The van der Waals surface area contributed by atoms with Gasteiger partial charge in [-0.05, 0) is 30.5 Å². The molecule has 2 heterocycles. The Morgan fingerprint density at radius 3 is 2.81 bits per heavy atom. The number of hydrogen-bond donors (Lipinski definition) is 1. The topological polar surface area (TPSA) is 77.1 Å². The number of amides is 1. The summed E-state index contributed by atoms with van der Waals surface area (Å²) < 4.78 is 16.2. The van der Waals surface area contributed by atoms with Crippen LogP contribution in [0.3, 0.4) is 0 Å². The van der Waals surface area contributed by atoms with Crippen LogP contribution >= 0.6 is 24.0 Å². The molecule has 0 aromatic heterocycles. The lowest BCUT2D eigenvalue weighted by Gasteiger charge is -2.17. The van der Waals surface area contributed by atoms with E-state index in [1.807, 2.05) is 12.1 Å². The van der Waals surface area contributed by atoms with E-state index >= 15 is 0 Å². The lowest BCUT2D eigenvalue weighted by Crippen LogP contribution is -2.29. The fraction of sp³-hybridized carbons (Fsp3) is 0.471. The Morgan fingerprint density at radius 2 is 2.00 bits per heavy atom. The van der Waals surface area contributed by atoms with Gasteiger partial charge in [-0.15, -0.1) is 0 Å². The van der Waals surface area contributed by atoms with Crippen molar-refractivity contribution >= 4 is 40.2 Å². The molecule has 1 fully saturated rings. The number of benzene rings is 1. The van der Waals surface area contributed by atoms with Gasteiger partial charge in [0.25, 0.3) is 5.91 Å². The van der Waals surface area contributed by atoms with E-state index in [-0.39, 0.29) is 25.1 Å². The molecular weight excluding hydrogens is 376 g/mol. The Balaban J connectivity index is 1.32. The van der Waals surface area contributed by atoms with Crippen molar-refractivity contribution in [1.29, 1.82) is 0 Å². The van der Waals surface area contributed by atoms with E-state index in [9.17, 15) is 9.59 Å². The van der Waals surface area contributed by atoms with Crippen LogP contribution in [-0.2, 0) is 20.9 Å². The number of ether oxygens (including phenoxy) is 3. The Hall–Kier alpha value is -2.00. The summed E-state index contributed by atoms with van der Waals surface area (Å²) in [5.41, 5.74) is 0.875. The molecule has 0 spiro atoms. The molecule has 1 N–H and O–H groups in total. The van der Waals surface area contributed by atoms with Gasteiger partial charge in [-0.25, -0.2) is 0 Å². The minimum absolute atomic E-state index is 0.116. The van der Waals surface area contributed by atoms with Gasteiger partial charge in [0.1, 0.15) is 4.32 Å². The predicted octanol–water partition coefficient (Wildman–Crippen LogP) is 1.69. The Kier molecular flexibility index (Phi) is 6.56. The largest absolute Gasteiger partial charge is 0.455 e. The normalized spacial score (nSPS) is 15.0. The maximum absolute atomic E-state index is 11.8. The van der Waals surface area contributed by atoms with E-state index in [4.69, 9.17) is 26.4 Å². The zero-order valence-corrected chi connectivity index (χ0v) is 15.8. The number of likely N-dealkylation sites (tertiary alicyclic amines) is 1. The fourth-order valence-corrected chi connectivity index (χ4v) is 3.65. The van der Waals surface area contributed by atoms with Crippen molar-refractivity contribution in [3.05, 3.63) is 23.8 Å². The zero-order valence-electron chi connectivity index (χ0n) is 14.2. The molecule has 0 radical (unpaired) electrons. The van der Waals surface area contributed by atoms with Crippen LogP contribution in [0.1, 0.15) is 18.4 Å². The first-order valence-electron chi connectivity index (χ1n) is 8.34. The molecule has 0 bridgehead atoms. The van der Waals surface area contributed by atoms with Crippen LogP contribution in [0.2, 0.25) is 0 Å². The summed E-state index contributed by atoms with van der Waals surface area (Å²) in [5.74, 6) is 0.663. The summed E-state index contributed by atoms with van der Waals surface area (Å²) in [6.45, 7) is 2.12. The van der Waals surface area contributed by atoms with E-state index in [1.165, 1.54) is 11.8 Å². The number of thioether (sulfide) groups is 1. The number of fused-ring (bicyclic) bond motifs is 1. The first-order chi connectivity index (χ1) is 12.6. The first-order valence-corrected chi connectivity index (χ1v) is 9.74. The van der Waals surface area contributed by atoms with Gasteiger partial charge >= 0.3 is 5.97 Å². The highest BCUT2D eigenvalue weighted by Crippen LogP contribution is 2.32. The molecule has 0 aliphatic carbocycles. The molecule has 0 atom stereocenters. The third kappa shape index (κ3) is 5.25. The molecule has 2 aliphatic rings. The van der Waals surface area contributed by atoms with Gasteiger partial charge in [0.15, 0.2) is 18.1 Å². The fourth-order valence-electron chi connectivity index (χ4n) is 2.60. The summed E-state index contributed by atoms with van der Waals surface area (Å²) in [6, 6.07) is 5.45. The third-order valence-electron chi connectivity index (χ3n) is 3.97. The monoisotopic (exact) mass is 396 g/mol. The van der Waals surface area contributed by atoms with E-state index in [0.29, 0.717) is 22.4 Å². The van der Waals surface area contributed by atoms with E-state index in [0.717, 1.165) is 31.5 Å². The highest BCUT2D eigenvalue weighted by Gasteiger charge is 2.17. The molecular formula is C17H20N2O5S2. The van der Waals surface area contributed by atoms with Crippen molar-refractivity contribution in [3.63, 3.8) is 0 Å². The maximum Gasteiger partial charge on any atom is 0.316 e. The van der Waals surface area contributed by atoms with Gasteiger partial charge < -0.3 is 24.4 Å². The molecule has 3 rings (SSSR count). The quantitative estimate of drug-likeness (QED) is 0.575. The highest BCUT2D eigenvalue weighted by molar-refractivity contribution is 8.23. The van der Waals surface area contributed by atoms with Crippen molar-refractivity contribution in [2.24, 2.45) is 0 Å². The second-order valence-electron chi connectivity index (χ2n) is 5.87. The number of hydrogen-bond acceptors (Lipinski definition) is 7. The molecule has 1 amide bonds. The SMILES string of the molecule is O=C(COC(=O)CSC(=S)N1CCCC1)NCc1ccc2c(c1)OCO2. The van der Waals surface area contributed by atoms with Crippen molar-refractivity contribution in [2.45, 2.75) is 19.4 Å². The number of carbonyl (C=O) groups excluding carboxylic acids is 2. The number of carbonyl (C=O) groups is 2. The van der Waals surface area contributed by atoms with E-state index in [1.54, 1.807) is 6.07 Å². The number of rotatable bonds is 6. The summed E-state index contributed by atoms with van der Waals surface area (Å²) in [6.07, 6.45) is 2.27. The summed E-state index contributed by atoms with van der Waals surface area (Å²) in [5, 5.41) is 2.70. The minimum Gasteiger partial charge on any atom is -0.455 e. The standard InChI is InChI=1S/C17H20N2O5S2/c20-15(18-8-12-3-4-13-14(7-12)24-11-23-13)9-22-16(21)10-26-17(25)19-5-1-2-6-19/h3-4,7H,1-2,5-6,8-11H2,(H,18,20). The van der Waals surface area contributed by atoms with Crippen LogP contribution in [-0.4, -0.2) is 53.3 Å². The highest BCUT2D eigenvalue weighted by atomic mass is 32.2. The summed E-state index contributed by atoms with van der Waals surface area (Å²) >= 11 is 6.56. The molecule has 0 unspecified atom stereocenters. The Morgan fingerprint density at radius 1 is 1.23 bits per heavy atom. The third-order valence-corrected chi connectivity index (χ3v) is 5.47. The number of nitrogens with one attached hydrogen (secondary N) is 1. The van der Waals surface area contributed by atoms with Crippen molar-refractivity contribution in [1.82, 2.24) is 10.2 Å². The average molecular weight is 396 g/mol. The van der Waals surface area contributed by atoms with Gasteiger partial charge in [-0.1, -0.05) is 30.0 Å². The van der Waals surface area contributed by atoms with Crippen LogP contribution in [0.4, 0.5) is 0 Å². The number of thiocarbonyl (C=S) groups is 1. The first kappa shape index (κ1) is 18.8. The number of esters is 1. The predicted molar refractivity (Wildman–Crippen MR) is 101 cm³/mol. The minimum atomic E-state index is -0.449. The van der Waals surface area contributed by atoms with Gasteiger partial charge in [0.2, 0.25) is 6.79 Å². The maximum atomic E-state index is 11.8. The Labute approximate surface area is 161 Å². The van der Waals surface area contributed by atoms with Gasteiger partial charge in [0.05, 0.1) is 5.75 Å². The molecule has 9 heteroatoms. The zero-order chi connectivity index (χ0) is 18.4. The van der Waals surface area contributed by atoms with Crippen molar-refractivity contribution < 1.29 is 23.8 Å². The summed E-state index contributed by atoms with van der Waals surface area (Å²) in [7, 11) is 0. The lowest BCUT2D eigenvalue weighted by molar-refractivity contribution is -0.145. The van der Waals surface area contributed by atoms with Crippen molar-refractivity contribution in [3.8, 4) is 11.5 Å². The van der Waals surface area contributed by atoms with Crippen LogP contribution in [0.5, 0.6) is 11.5 Å². The molecule has 7 nitrogen and oxygen atoms in total. The molecule has 140 valence electrons.